The molecule has 1 saturated heterocycles. The number of fused-ring (bicyclic) bond motifs is 1. The van der Waals surface area contributed by atoms with Crippen LogP contribution in [0.2, 0.25) is 0 Å². The lowest BCUT2D eigenvalue weighted by Gasteiger charge is -2.34. The summed E-state index contributed by atoms with van der Waals surface area (Å²) in [5.41, 5.74) is 3.10. The van der Waals surface area contributed by atoms with Crippen molar-refractivity contribution in [2.24, 2.45) is 5.92 Å². The Morgan fingerprint density at radius 1 is 1.11 bits per heavy atom. The number of rotatable bonds is 3. The smallest absolute Gasteiger partial charge is 0.0151 e. The fourth-order valence-electron chi connectivity index (χ4n) is 3.71. The van der Waals surface area contributed by atoms with Crippen molar-refractivity contribution < 1.29 is 0 Å². The fourth-order valence-corrected chi connectivity index (χ4v) is 3.71. The van der Waals surface area contributed by atoms with E-state index in [1.807, 2.05) is 0 Å². The molecule has 1 aromatic carbocycles. The quantitative estimate of drug-likeness (QED) is 0.896. The largest absolute Gasteiger partial charge is 0.311 e. The van der Waals surface area contributed by atoms with E-state index in [-0.39, 0.29) is 0 Å². The lowest BCUT2D eigenvalue weighted by atomic mass is 9.90. The molecule has 2 nitrogen and oxygen atoms in total. The molecule has 0 amide bonds. The van der Waals surface area contributed by atoms with Crippen molar-refractivity contribution in [3.8, 4) is 0 Å². The van der Waals surface area contributed by atoms with Crippen LogP contribution in [0.25, 0.3) is 0 Å². The molecule has 1 atom stereocenters. The van der Waals surface area contributed by atoms with Gasteiger partial charge in [0.1, 0.15) is 0 Å². The summed E-state index contributed by atoms with van der Waals surface area (Å²) in [6.07, 6.45) is 5.13. The van der Waals surface area contributed by atoms with Crippen LogP contribution in [0.1, 0.15) is 30.9 Å². The van der Waals surface area contributed by atoms with Gasteiger partial charge in [0.15, 0.2) is 0 Å². The summed E-state index contributed by atoms with van der Waals surface area (Å²) < 4.78 is 0. The van der Waals surface area contributed by atoms with Crippen molar-refractivity contribution in [3.63, 3.8) is 0 Å². The Hall–Kier alpha value is -0.860. The summed E-state index contributed by atoms with van der Waals surface area (Å²) in [5.74, 6) is 0.861. The van der Waals surface area contributed by atoms with Crippen LogP contribution >= 0.6 is 0 Å². The molecule has 1 N–H and O–H groups in total. The minimum Gasteiger partial charge on any atom is -0.311 e. The van der Waals surface area contributed by atoms with E-state index in [2.05, 4.69) is 48.5 Å². The summed E-state index contributed by atoms with van der Waals surface area (Å²) >= 11 is 0. The standard InChI is InChI=1S/C17H26N2/c1-13(14-7-9-19(2)10-8-14)18-17-11-15-5-3-4-6-16(15)12-17/h3-6,13-14,17-18H,7-12H2,1-2H3. The predicted octanol–water partition coefficient (Wildman–Crippen LogP) is 2.47. The molecular weight excluding hydrogens is 232 g/mol. The number of nitrogens with zero attached hydrogens (tertiary/aromatic N) is 1. The predicted molar refractivity (Wildman–Crippen MR) is 80.5 cm³/mol. The zero-order valence-electron chi connectivity index (χ0n) is 12.2. The van der Waals surface area contributed by atoms with Crippen LogP contribution in [-0.4, -0.2) is 37.1 Å². The second-order valence-corrected chi connectivity index (χ2v) is 6.47. The van der Waals surface area contributed by atoms with Gasteiger partial charge in [-0.1, -0.05) is 24.3 Å². The van der Waals surface area contributed by atoms with Gasteiger partial charge in [-0.2, -0.15) is 0 Å². The van der Waals surface area contributed by atoms with Crippen molar-refractivity contribution in [1.82, 2.24) is 10.2 Å². The van der Waals surface area contributed by atoms with Crippen LogP contribution in [0.4, 0.5) is 0 Å². The molecule has 1 aliphatic heterocycles. The molecule has 0 saturated carbocycles. The Morgan fingerprint density at radius 2 is 1.68 bits per heavy atom. The van der Waals surface area contributed by atoms with Crippen LogP contribution in [0.5, 0.6) is 0 Å². The zero-order valence-corrected chi connectivity index (χ0v) is 12.2. The first-order chi connectivity index (χ1) is 9.22. The van der Waals surface area contributed by atoms with Crippen LogP contribution in [0.15, 0.2) is 24.3 Å². The molecule has 104 valence electrons. The molecule has 3 rings (SSSR count). The van der Waals surface area contributed by atoms with E-state index in [0.717, 1.165) is 5.92 Å². The van der Waals surface area contributed by atoms with Crippen LogP contribution in [-0.2, 0) is 12.8 Å². The molecule has 2 heteroatoms. The second-order valence-electron chi connectivity index (χ2n) is 6.47. The first-order valence-electron chi connectivity index (χ1n) is 7.74. The van der Waals surface area contributed by atoms with E-state index >= 15 is 0 Å². The third-order valence-corrected chi connectivity index (χ3v) is 5.02. The highest BCUT2D eigenvalue weighted by Gasteiger charge is 2.27. The van der Waals surface area contributed by atoms with E-state index in [9.17, 15) is 0 Å². The average Bonchev–Trinajstić information content (AvgIpc) is 2.81. The molecule has 19 heavy (non-hydrogen) atoms. The average molecular weight is 258 g/mol. The molecule has 0 radical (unpaired) electrons. The molecule has 1 fully saturated rings. The van der Waals surface area contributed by atoms with Crippen molar-refractivity contribution in [3.05, 3.63) is 35.4 Å². The number of hydrogen-bond acceptors (Lipinski definition) is 2. The molecule has 0 aromatic heterocycles. The lowest BCUT2D eigenvalue weighted by Crippen LogP contribution is -2.45. The first kappa shape index (κ1) is 13.1. The van der Waals surface area contributed by atoms with Crippen LogP contribution in [0, 0.1) is 5.92 Å². The van der Waals surface area contributed by atoms with Gasteiger partial charge in [-0.15, -0.1) is 0 Å². The maximum atomic E-state index is 3.89. The van der Waals surface area contributed by atoms with Crippen molar-refractivity contribution in [1.29, 1.82) is 0 Å². The number of benzene rings is 1. The highest BCUT2D eigenvalue weighted by molar-refractivity contribution is 5.33. The normalized spacial score (nSPS) is 23.5. The lowest BCUT2D eigenvalue weighted by molar-refractivity contribution is 0.184. The van der Waals surface area contributed by atoms with E-state index in [1.165, 1.54) is 38.8 Å². The SMILES string of the molecule is CC(NC1Cc2ccccc2C1)C1CCN(C)CC1. The van der Waals surface area contributed by atoms with E-state index in [1.54, 1.807) is 11.1 Å². The third-order valence-electron chi connectivity index (χ3n) is 5.02. The molecule has 1 unspecified atom stereocenters. The molecule has 1 aromatic rings. The van der Waals surface area contributed by atoms with E-state index < -0.39 is 0 Å². The minimum absolute atomic E-state index is 0.659. The Kier molecular flexibility index (Phi) is 3.90. The Morgan fingerprint density at radius 3 is 2.26 bits per heavy atom. The first-order valence-corrected chi connectivity index (χ1v) is 7.74. The van der Waals surface area contributed by atoms with E-state index in [0.29, 0.717) is 12.1 Å². The van der Waals surface area contributed by atoms with Crippen molar-refractivity contribution in [2.75, 3.05) is 20.1 Å². The highest BCUT2D eigenvalue weighted by atomic mass is 15.1. The van der Waals surface area contributed by atoms with Gasteiger partial charge in [0.2, 0.25) is 0 Å². The second kappa shape index (κ2) is 5.64. The number of likely N-dealkylation sites (tertiary alicyclic amines) is 1. The third kappa shape index (κ3) is 3.01. The summed E-state index contributed by atoms with van der Waals surface area (Å²) in [4.78, 5) is 2.45. The maximum Gasteiger partial charge on any atom is 0.0151 e. The van der Waals surface area contributed by atoms with Crippen molar-refractivity contribution >= 4 is 0 Å². The molecule has 1 heterocycles. The molecule has 0 spiro atoms. The zero-order chi connectivity index (χ0) is 13.2. The van der Waals surface area contributed by atoms with Gasteiger partial charge in [0, 0.05) is 12.1 Å². The van der Waals surface area contributed by atoms with Gasteiger partial charge in [0.05, 0.1) is 0 Å². The Labute approximate surface area is 117 Å². The Balaban J connectivity index is 1.53. The fraction of sp³-hybridized carbons (Fsp3) is 0.647. The number of nitrogens with one attached hydrogen (secondary N) is 1. The summed E-state index contributed by atoms with van der Waals surface area (Å²) in [6, 6.07) is 10.2. The van der Waals surface area contributed by atoms with Gasteiger partial charge >= 0.3 is 0 Å². The van der Waals surface area contributed by atoms with Crippen molar-refractivity contribution in [2.45, 2.75) is 44.7 Å². The van der Waals surface area contributed by atoms with Crippen LogP contribution in [0.3, 0.4) is 0 Å². The number of hydrogen-bond donors (Lipinski definition) is 1. The van der Waals surface area contributed by atoms with Gasteiger partial charge in [-0.3, -0.25) is 0 Å². The Bertz CT molecular complexity index is 396. The monoisotopic (exact) mass is 258 g/mol. The summed E-state index contributed by atoms with van der Waals surface area (Å²) in [5, 5.41) is 3.89. The highest BCUT2D eigenvalue weighted by Crippen LogP contribution is 2.25. The molecular formula is C17H26N2. The van der Waals surface area contributed by atoms with Gasteiger partial charge in [-0.25, -0.2) is 0 Å². The topological polar surface area (TPSA) is 15.3 Å². The molecule has 1 aliphatic carbocycles. The summed E-state index contributed by atoms with van der Waals surface area (Å²) in [6.45, 7) is 4.92. The van der Waals surface area contributed by atoms with Gasteiger partial charge in [0.25, 0.3) is 0 Å². The number of piperidine rings is 1. The molecule has 2 aliphatic rings. The maximum absolute atomic E-state index is 3.89. The van der Waals surface area contributed by atoms with Crippen LogP contribution < -0.4 is 5.32 Å². The minimum atomic E-state index is 0.659. The molecule has 0 bridgehead atoms. The van der Waals surface area contributed by atoms with E-state index in [4.69, 9.17) is 0 Å². The van der Waals surface area contributed by atoms with Gasteiger partial charge < -0.3 is 10.2 Å². The van der Waals surface area contributed by atoms with Gasteiger partial charge in [-0.05, 0) is 69.8 Å². The summed E-state index contributed by atoms with van der Waals surface area (Å²) in [7, 11) is 2.24.